The predicted molar refractivity (Wildman–Crippen MR) is 129 cm³/mol. The topological polar surface area (TPSA) is 110 Å². The molecule has 0 spiro atoms. The molecule has 1 atom stereocenters. The van der Waals surface area contributed by atoms with Gasteiger partial charge in [-0.05, 0) is 47.9 Å². The van der Waals surface area contributed by atoms with Gasteiger partial charge < -0.3 is 14.6 Å². The lowest BCUT2D eigenvalue weighted by Gasteiger charge is -2.30. The largest absolute Gasteiger partial charge is 0.480 e. The molecule has 0 unspecified atom stereocenters. The molecule has 0 aliphatic carbocycles. The number of carboxylic acids is 1. The highest BCUT2D eigenvalue weighted by Gasteiger charge is 2.40. The Morgan fingerprint density at radius 3 is 1.94 bits per heavy atom. The number of sulfonamides is 1. The van der Waals surface area contributed by atoms with Crippen molar-refractivity contribution < 1.29 is 32.6 Å². The van der Waals surface area contributed by atoms with Crippen molar-refractivity contribution in [2.45, 2.75) is 31.4 Å². The molecule has 0 heterocycles. The van der Waals surface area contributed by atoms with Crippen LogP contribution in [0.25, 0.3) is 0 Å². The standard InChI is InChI=1S/C26H27NO7S/c1-19(2)25(26(30)33-18-20-9-5-3-6-10-20)27(17-24(28)29)35(31,32)23-15-13-22(14-16-23)34-21-11-7-4-8-12-21/h3-16,19,25H,17-18H2,1-2H3,(H,28,29)/t25-/m1/s1. The molecule has 0 fully saturated rings. The van der Waals surface area contributed by atoms with Crippen LogP contribution in [0.4, 0.5) is 0 Å². The molecule has 0 aliphatic heterocycles. The van der Waals surface area contributed by atoms with Crippen molar-refractivity contribution in [2.75, 3.05) is 6.54 Å². The van der Waals surface area contributed by atoms with Crippen LogP contribution in [0.15, 0.2) is 89.8 Å². The number of esters is 1. The van der Waals surface area contributed by atoms with Crippen LogP contribution < -0.4 is 4.74 Å². The Bertz CT molecular complexity index is 1230. The van der Waals surface area contributed by atoms with Gasteiger partial charge in [-0.1, -0.05) is 62.4 Å². The summed E-state index contributed by atoms with van der Waals surface area (Å²) >= 11 is 0. The summed E-state index contributed by atoms with van der Waals surface area (Å²) in [7, 11) is -4.36. The summed E-state index contributed by atoms with van der Waals surface area (Å²) < 4.78 is 38.7. The highest BCUT2D eigenvalue weighted by molar-refractivity contribution is 7.89. The van der Waals surface area contributed by atoms with Crippen molar-refractivity contribution in [3.63, 3.8) is 0 Å². The average molecular weight is 498 g/mol. The van der Waals surface area contributed by atoms with Crippen molar-refractivity contribution in [3.8, 4) is 11.5 Å². The van der Waals surface area contributed by atoms with Crippen LogP contribution in [-0.2, 0) is 31.0 Å². The highest BCUT2D eigenvalue weighted by Crippen LogP contribution is 2.27. The van der Waals surface area contributed by atoms with Crippen LogP contribution in [0.2, 0.25) is 0 Å². The van der Waals surface area contributed by atoms with E-state index in [9.17, 15) is 23.1 Å². The lowest BCUT2D eigenvalue weighted by atomic mass is 10.0. The first kappa shape index (κ1) is 25.9. The molecule has 3 aromatic carbocycles. The van der Waals surface area contributed by atoms with Gasteiger partial charge in [-0.25, -0.2) is 8.42 Å². The molecular weight excluding hydrogens is 470 g/mol. The molecule has 0 saturated carbocycles. The fourth-order valence-corrected chi connectivity index (χ4v) is 5.10. The number of benzene rings is 3. The Kier molecular flexibility index (Phi) is 8.62. The first-order chi connectivity index (χ1) is 16.7. The SMILES string of the molecule is CC(C)[C@H](C(=O)OCc1ccccc1)N(CC(=O)O)S(=O)(=O)c1ccc(Oc2ccccc2)cc1. The van der Waals surface area contributed by atoms with Crippen LogP contribution in [0.1, 0.15) is 19.4 Å². The van der Waals surface area contributed by atoms with Crippen molar-refractivity contribution in [3.05, 3.63) is 90.5 Å². The second-order valence-corrected chi connectivity index (χ2v) is 10.0. The quantitative estimate of drug-likeness (QED) is 0.393. The van der Waals surface area contributed by atoms with Gasteiger partial charge in [-0.3, -0.25) is 9.59 Å². The smallest absolute Gasteiger partial charge is 0.325 e. The van der Waals surface area contributed by atoms with Gasteiger partial charge >= 0.3 is 11.9 Å². The molecule has 0 saturated heterocycles. The maximum Gasteiger partial charge on any atom is 0.325 e. The predicted octanol–water partition coefficient (Wildman–Crippen LogP) is 4.32. The number of aliphatic carboxylic acids is 1. The van der Waals surface area contributed by atoms with Crippen LogP contribution in [0.5, 0.6) is 11.5 Å². The van der Waals surface area contributed by atoms with E-state index in [2.05, 4.69) is 0 Å². The molecule has 184 valence electrons. The van der Waals surface area contributed by atoms with E-state index in [0.29, 0.717) is 15.8 Å². The van der Waals surface area contributed by atoms with E-state index >= 15 is 0 Å². The molecular formula is C26H27NO7S. The normalized spacial score (nSPS) is 12.3. The number of carboxylic acid groups (broad SMARTS) is 1. The fraction of sp³-hybridized carbons (Fsp3) is 0.231. The second-order valence-electron chi connectivity index (χ2n) is 8.11. The molecule has 9 heteroatoms. The van der Waals surface area contributed by atoms with Gasteiger partial charge in [0.15, 0.2) is 0 Å². The number of ether oxygens (including phenoxy) is 2. The molecule has 3 aromatic rings. The zero-order valence-corrected chi connectivity index (χ0v) is 20.2. The molecule has 8 nitrogen and oxygen atoms in total. The molecule has 3 rings (SSSR count). The number of hydrogen-bond acceptors (Lipinski definition) is 6. The number of nitrogens with zero attached hydrogens (tertiary/aromatic N) is 1. The van der Waals surface area contributed by atoms with E-state index in [-0.39, 0.29) is 11.5 Å². The minimum atomic E-state index is -4.36. The van der Waals surface area contributed by atoms with Gasteiger partial charge in [0.2, 0.25) is 10.0 Å². The maximum atomic E-state index is 13.5. The summed E-state index contributed by atoms with van der Waals surface area (Å²) in [5, 5.41) is 9.44. The van der Waals surface area contributed by atoms with Gasteiger partial charge in [0.25, 0.3) is 0 Å². The molecule has 0 radical (unpaired) electrons. The van der Waals surface area contributed by atoms with Crippen LogP contribution >= 0.6 is 0 Å². The second kappa shape index (κ2) is 11.6. The molecule has 0 aliphatic rings. The molecule has 0 amide bonds. The first-order valence-electron chi connectivity index (χ1n) is 11.0. The van der Waals surface area contributed by atoms with Gasteiger partial charge in [0, 0.05) is 0 Å². The Morgan fingerprint density at radius 2 is 1.40 bits per heavy atom. The van der Waals surface area contributed by atoms with Crippen LogP contribution in [-0.4, -0.2) is 42.4 Å². The van der Waals surface area contributed by atoms with Crippen LogP contribution in [0.3, 0.4) is 0 Å². The molecule has 0 aromatic heterocycles. The molecule has 35 heavy (non-hydrogen) atoms. The van der Waals surface area contributed by atoms with Crippen molar-refractivity contribution in [1.29, 1.82) is 0 Å². The first-order valence-corrected chi connectivity index (χ1v) is 12.4. The van der Waals surface area contributed by atoms with E-state index < -0.39 is 40.5 Å². The lowest BCUT2D eigenvalue weighted by Crippen LogP contribution is -2.50. The summed E-state index contributed by atoms with van der Waals surface area (Å²) in [4.78, 5) is 24.4. The van der Waals surface area contributed by atoms with Gasteiger partial charge in [0.05, 0.1) is 4.90 Å². The monoisotopic (exact) mass is 497 g/mol. The minimum absolute atomic E-state index is 0.0601. The van der Waals surface area contributed by atoms with Gasteiger partial charge in [-0.15, -0.1) is 0 Å². The minimum Gasteiger partial charge on any atom is -0.480 e. The Balaban J connectivity index is 1.85. The van der Waals surface area contributed by atoms with Gasteiger partial charge in [0.1, 0.15) is 30.7 Å². The lowest BCUT2D eigenvalue weighted by molar-refractivity contribution is -0.152. The van der Waals surface area contributed by atoms with Crippen LogP contribution in [0, 0.1) is 5.92 Å². The summed E-state index contributed by atoms with van der Waals surface area (Å²) in [5.74, 6) is -1.77. The maximum absolute atomic E-state index is 13.5. The Hall–Kier alpha value is -3.69. The number of rotatable bonds is 11. The highest BCUT2D eigenvalue weighted by atomic mass is 32.2. The van der Waals surface area contributed by atoms with Gasteiger partial charge in [-0.2, -0.15) is 4.31 Å². The third-order valence-electron chi connectivity index (χ3n) is 5.11. The van der Waals surface area contributed by atoms with E-state index in [0.717, 1.165) is 5.56 Å². The number of para-hydroxylation sites is 1. The Labute approximate surface area is 204 Å². The third kappa shape index (κ3) is 6.91. The van der Waals surface area contributed by atoms with Crippen molar-refractivity contribution in [1.82, 2.24) is 4.31 Å². The molecule has 0 bridgehead atoms. The Morgan fingerprint density at radius 1 is 0.857 bits per heavy atom. The van der Waals surface area contributed by atoms with Crippen molar-refractivity contribution in [2.24, 2.45) is 5.92 Å². The number of carbonyl (C=O) groups is 2. The van der Waals surface area contributed by atoms with Crippen molar-refractivity contribution >= 4 is 22.0 Å². The summed E-state index contributed by atoms with van der Waals surface area (Å²) in [5.41, 5.74) is 0.727. The number of carbonyl (C=O) groups excluding carboxylic acids is 1. The summed E-state index contributed by atoms with van der Waals surface area (Å²) in [6.45, 7) is 2.31. The number of hydrogen-bond donors (Lipinski definition) is 1. The van der Waals surface area contributed by atoms with E-state index in [1.165, 1.54) is 24.3 Å². The van der Waals surface area contributed by atoms with E-state index in [1.807, 2.05) is 12.1 Å². The average Bonchev–Trinajstić information content (AvgIpc) is 2.83. The summed E-state index contributed by atoms with van der Waals surface area (Å²) in [6.07, 6.45) is 0. The molecule has 1 N–H and O–H groups in total. The van der Waals surface area contributed by atoms with E-state index in [4.69, 9.17) is 9.47 Å². The summed E-state index contributed by atoms with van der Waals surface area (Å²) in [6, 6.07) is 22.1. The van der Waals surface area contributed by atoms with E-state index in [1.54, 1.807) is 62.4 Å². The third-order valence-corrected chi connectivity index (χ3v) is 6.95. The fourth-order valence-electron chi connectivity index (χ4n) is 3.44. The zero-order valence-electron chi connectivity index (χ0n) is 19.4. The zero-order chi connectivity index (χ0) is 25.4.